The summed E-state index contributed by atoms with van der Waals surface area (Å²) in [4.78, 5) is 21.4. The molecule has 0 spiro atoms. The molecule has 0 aliphatic carbocycles. The van der Waals surface area contributed by atoms with E-state index >= 15 is 0 Å². The lowest BCUT2D eigenvalue weighted by Gasteiger charge is -2.05. The molecule has 0 atom stereocenters. The van der Waals surface area contributed by atoms with Crippen molar-refractivity contribution < 1.29 is 23.3 Å². The molecule has 0 saturated carbocycles. The topological polar surface area (TPSA) is 94.6 Å². The number of furan rings is 1. The van der Waals surface area contributed by atoms with Gasteiger partial charge in [-0.2, -0.15) is 0 Å². The minimum absolute atomic E-state index is 0.101. The van der Waals surface area contributed by atoms with Crippen LogP contribution in [-0.4, -0.2) is 18.0 Å². The van der Waals surface area contributed by atoms with E-state index in [1.54, 1.807) is 0 Å². The molecule has 21 heavy (non-hydrogen) atoms. The Hall–Kier alpha value is -2.90. The maximum absolute atomic E-state index is 13.0. The van der Waals surface area contributed by atoms with Crippen LogP contribution in [-0.2, 0) is 11.3 Å². The lowest BCUT2D eigenvalue weighted by molar-refractivity contribution is -0.384. The van der Waals surface area contributed by atoms with E-state index in [9.17, 15) is 19.3 Å². The molecule has 0 amide bonds. The number of anilines is 1. The summed E-state index contributed by atoms with van der Waals surface area (Å²) in [6, 6.07) is 4.65. The van der Waals surface area contributed by atoms with Crippen LogP contribution in [0.2, 0.25) is 0 Å². The lowest BCUT2D eigenvalue weighted by atomic mass is 10.2. The van der Waals surface area contributed by atoms with Crippen molar-refractivity contribution in [3.8, 4) is 0 Å². The molecule has 2 aromatic rings. The number of nitro groups is 1. The molecule has 0 aliphatic heterocycles. The first-order valence-corrected chi connectivity index (χ1v) is 5.85. The van der Waals surface area contributed by atoms with Crippen LogP contribution >= 0.6 is 0 Å². The Kier molecular flexibility index (Phi) is 4.17. The summed E-state index contributed by atoms with van der Waals surface area (Å²) in [7, 11) is 1.25. The summed E-state index contributed by atoms with van der Waals surface area (Å²) >= 11 is 0. The molecule has 0 unspecified atom stereocenters. The van der Waals surface area contributed by atoms with Gasteiger partial charge in [0.1, 0.15) is 23.5 Å². The molecule has 1 aromatic heterocycles. The molecule has 0 saturated heterocycles. The number of halogens is 1. The molecule has 1 N–H and O–H groups in total. The number of ether oxygens (including phenoxy) is 1. The summed E-state index contributed by atoms with van der Waals surface area (Å²) in [5.41, 5.74) is 0.00933. The summed E-state index contributed by atoms with van der Waals surface area (Å²) in [5, 5.41) is 13.6. The summed E-state index contributed by atoms with van der Waals surface area (Å²) in [6.07, 6.45) is 1.22. The van der Waals surface area contributed by atoms with Crippen molar-refractivity contribution in [2.24, 2.45) is 0 Å². The molecule has 1 aromatic carbocycles. The highest BCUT2D eigenvalue weighted by molar-refractivity contribution is 5.89. The third-order valence-corrected chi connectivity index (χ3v) is 2.68. The highest BCUT2D eigenvalue weighted by Gasteiger charge is 2.16. The molecule has 8 heteroatoms. The number of esters is 1. The number of rotatable bonds is 5. The van der Waals surface area contributed by atoms with E-state index in [-0.39, 0.29) is 23.5 Å². The van der Waals surface area contributed by atoms with Crippen molar-refractivity contribution in [1.29, 1.82) is 0 Å². The lowest BCUT2D eigenvalue weighted by Crippen LogP contribution is -2.03. The zero-order valence-electron chi connectivity index (χ0n) is 11.0. The molecule has 2 rings (SSSR count). The number of carbonyl (C=O) groups is 1. The maximum Gasteiger partial charge on any atom is 0.341 e. The van der Waals surface area contributed by atoms with Crippen LogP contribution < -0.4 is 5.32 Å². The van der Waals surface area contributed by atoms with Gasteiger partial charge in [0.25, 0.3) is 5.69 Å². The summed E-state index contributed by atoms with van der Waals surface area (Å²) in [6.45, 7) is 0.101. The number of carbonyl (C=O) groups excluding carboxylic acids is 1. The van der Waals surface area contributed by atoms with Gasteiger partial charge in [0.15, 0.2) is 0 Å². The monoisotopic (exact) mass is 294 g/mol. The predicted octanol–water partition coefficient (Wildman–Crippen LogP) is 2.73. The standard InChI is InChI=1S/C13H11FN2O5/c1-20-13(17)8-4-10(21-7-8)6-15-11-3-2-9(14)5-12(11)16(18)19/h2-5,7,15H,6H2,1H3. The van der Waals surface area contributed by atoms with Crippen molar-refractivity contribution in [2.45, 2.75) is 6.54 Å². The SMILES string of the molecule is COC(=O)c1coc(CNc2ccc(F)cc2[N+](=O)[O-])c1. The van der Waals surface area contributed by atoms with Gasteiger partial charge in [0, 0.05) is 0 Å². The Morgan fingerprint density at radius 3 is 2.90 bits per heavy atom. The fraction of sp³-hybridized carbons (Fsp3) is 0.154. The quantitative estimate of drug-likeness (QED) is 0.517. The Balaban J connectivity index is 2.11. The molecule has 110 valence electrons. The number of hydrogen-bond acceptors (Lipinski definition) is 6. The van der Waals surface area contributed by atoms with E-state index in [2.05, 4.69) is 10.1 Å². The molecule has 7 nitrogen and oxygen atoms in total. The molecule has 0 radical (unpaired) electrons. The number of hydrogen-bond donors (Lipinski definition) is 1. The highest BCUT2D eigenvalue weighted by atomic mass is 19.1. The van der Waals surface area contributed by atoms with Crippen molar-refractivity contribution >= 4 is 17.3 Å². The van der Waals surface area contributed by atoms with Gasteiger partial charge in [-0.25, -0.2) is 9.18 Å². The fourth-order valence-corrected chi connectivity index (χ4v) is 1.69. The third-order valence-electron chi connectivity index (χ3n) is 2.68. The minimum Gasteiger partial charge on any atom is -0.467 e. The smallest absolute Gasteiger partial charge is 0.341 e. The first kappa shape index (κ1) is 14.5. The third kappa shape index (κ3) is 3.35. The van der Waals surface area contributed by atoms with E-state index in [0.717, 1.165) is 12.1 Å². The van der Waals surface area contributed by atoms with E-state index in [4.69, 9.17) is 4.42 Å². The number of nitrogens with one attached hydrogen (secondary N) is 1. The predicted molar refractivity (Wildman–Crippen MR) is 70.4 cm³/mol. The molecule has 0 bridgehead atoms. The van der Waals surface area contributed by atoms with Crippen LogP contribution in [0, 0.1) is 15.9 Å². The average molecular weight is 294 g/mol. The highest BCUT2D eigenvalue weighted by Crippen LogP contribution is 2.25. The van der Waals surface area contributed by atoms with E-state index in [1.807, 2.05) is 0 Å². The molecular formula is C13H11FN2O5. The zero-order chi connectivity index (χ0) is 15.4. The molecule has 1 heterocycles. The Morgan fingerprint density at radius 1 is 1.48 bits per heavy atom. The Morgan fingerprint density at radius 2 is 2.24 bits per heavy atom. The van der Waals surface area contributed by atoms with Crippen LogP contribution in [0.5, 0.6) is 0 Å². The summed E-state index contributed by atoms with van der Waals surface area (Å²) < 4.78 is 22.7. The van der Waals surface area contributed by atoms with Gasteiger partial charge in [-0.3, -0.25) is 10.1 Å². The van der Waals surface area contributed by atoms with Crippen molar-refractivity contribution in [3.05, 3.63) is 57.8 Å². The fourth-order valence-electron chi connectivity index (χ4n) is 1.69. The van der Waals surface area contributed by atoms with Gasteiger partial charge in [-0.15, -0.1) is 0 Å². The van der Waals surface area contributed by atoms with Gasteiger partial charge >= 0.3 is 5.97 Å². The maximum atomic E-state index is 13.0. The van der Waals surface area contributed by atoms with Gasteiger partial charge in [-0.05, 0) is 18.2 Å². The van der Waals surface area contributed by atoms with E-state index in [1.165, 1.54) is 25.5 Å². The second-order valence-electron chi connectivity index (χ2n) is 4.07. The van der Waals surface area contributed by atoms with Crippen LogP contribution in [0.3, 0.4) is 0 Å². The van der Waals surface area contributed by atoms with Crippen molar-refractivity contribution in [3.63, 3.8) is 0 Å². The van der Waals surface area contributed by atoms with E-state index < -0.39 is 16.7 Å². The number of nitrogens with zero attached hydrogens (tertiary/aromatic N) is 1. The van der Waals surface area contributed by atoms with Gasteiger partial charge in [0.2, 0.25) is 0 Å². The average Bonchev–Trinajstić information content (AvgIpc) is 2.93. The zero-order valence-corrected chi connectivity index (χ0v) is 11.0. The Labute approximate surface area is 118 Å². The number of methoxy groups -OCH3 is 1. The summed E-state index contributed by atoms with van der Waals surface area (Å²) in [5.74, 6) is -0.856. The van der Waals surface area contributed by atoms with Crippen LogP contribution in [0.25, 0.3) is 0 Å². The second kappa shape index (κ2) is 6.04. The number of benzene rings is 1. The second-order valence-corrected chi connectivity index (χ2v) is 4.07. The first-order valence-electron chi connectivity index (χ1n) is 5.85. The van der Waals surface area contributed by atoms with Crippen LogP contribution in [0.15, 0.2) is 34.9 Å². The van der Waals surface area contributed by atoms with Gasteiger partial charge in [0.05, 0.1) is 30.2 Å². The van der Waals surface area contributed by atoms with Crippen molar-refractivity contribution in [2.75, 3.05) is 12.4 Å². The molecule has 0 aliphatic rings. The Bertz CT molecular complexity index is 683. The normalized spacial score (nSPS) is 10.2. The first-order chi connectivity index (χ1) is 10.0. The van der Waals surface area contributed by atoms with Gasteiger partial charge in [-0.1, -0.05) is 0 Å². The van der Waals surface area contributed by atoms with Crippen molar-refractivity contribution in [1.82, 2.24) is 0 Å². The largest absolute Gasteiger partial charge is 0.467 e. The van der Waals surface area contributed by atoms with Gasteiger partial charge < -0.3 is 14.5 Å². The molecular weight excluding hydrogens is 283 g/mol. The number of nitro benzene ring substituents is 1. The van der Waals surface area contributed by atoms with Crippen LogP contribution in [0.4, 0.5) is 15.8 Å². The molecule has 0 fully saturated rings. The van der Waals surface area contributed by atoms with E-state index in [0.29, 0.717) is 5.76 Å². The van der Waals surface area contributed by atoms with Crippen LogP contribution in [0.1, 0.15) is 16.1 Å². The minimum atomic E-state index is -0.696.